The van der Waals surface area contributed by atoms with Crippen molar-refractivity contribution >= 4 is 34.8 Å². The number of benzene rings is 2. The van der Waals surface area contributed by atoms with Gasteiger partial charge < -0.3 is 24.5 Å². The Balaban J connectivity index is 1.79. The lowest BCUT2D eigenvalue weighted by Gasteiger charge is -2.13. The number of methoxy groups -OCH3 is 2. The predicted octanol–water partition coefficient (Wildman–Crippen LogP) is 4.45. The quantitative estimate of drug-likeness (QED) is 0.637. The van der Waals surface area contributed by atoms with Crippen LogP contribution in [0.1, 0.15) is 20.9 Å². The summed E-state index contributed by atoms with van der Waals surface area (Å²) >= 11 is 5.98. The van der Waals surface area contributed by atoms with Crippen LogP contribution in [0.3, 0.4) is 0 Å². The molecule has 28 heavy (non-hydrogen) atoms. The zero-order valence-electron chi connectivity index (χ0n) is 15.1. The molecule has 0 aliphatic rings. The number of ether oxygens (including phenoxy) is 2. The largest absolute Gasteiger partial charge is 0.496 e. The summed E-state index contributed by atoms with van der Waals surface area (Å²) < 4.78 is 15.6. The van der Waals surface area contributed by atoms with Gasteiger partial charge >= 0.3 is 0 Å². The van der Waals surface area contributed by atoms with Crippen LogP contribution < -0.4 is 20.1 Å². The number of nitrogens with one attached hydrogen (secondary N) is 2. The minimum atomic E-state index is -0.413. The van der Waals surface area contributed by atoms with E-state index in [4.69, 9.17) is 25.5 Å². The van der Waals surface area contributed by atoms with E-state index >= 15 is 0 Å². The molecule has 2 aromatic carbocycles. The highest BCUT2D eigenvalue weighted by molar-refractivity contribution is 6.31. The van der Waals surface area contributed by atoms with Gasteiger partial charge in [-0.05, 0) is 42.5 Å². The van der Waals surface area contributed by atoms with Crippen LogP contribution in [0.4, 0.5) is 11.4 Å². The number of hydrogen-bond donors (Lipinski definition) is 2. The van der Waals surface area contributed by atoms with Gasteiger partial charge in [0.1, 0.15) is 11.5 Å². The molecule has 0 saturated carbocycles. The fourth-order valence-electron chi connectivity index (χ4n) is 2.52. The molecule has 3 aromatic rings. The van der Waals surface area contributed by atoms with Crippen LogP contribution in [-0.2, 0) is 0 Å². The summed E-state index contributed by atoms with van der Waals surface area (Å²) in [5.41, 5.74) is 1.20. The topological polar surface area (TPSA) is 89.8 Å². The van der Waals surface area contributed by atoms with Gasteiger partial charge in [0.2, 0.25) is 0 Å². The smallest absolute Gasteiger partial charge is 0.291 e. The first kappa shape index (κ1) is 19.3. The Bertz CT molecular complexity index is 1000. The van der Waals surface area contributed by atoms with Gasteiger partial charge in [0.05, 0.1) is 31.7 Å². The SMILES string of the molecule is COc1cc(NC(=O)c2cc(Cl)ccc2OC)ccc1NC(=O)c1ccco1. The first-order chi connectivity index (χ1) is 13.5. The third-order valence-corrected chi connectivity index (χ3v) is 4.09. The molecule has 0 spiro atoms. The number of furan rings is 1. The molecule has 0 atom stereocenters. The van der Waals surface area contributed by atoms with Gasteiger partial charge in [-0.15, -0.1) is 0 Å². The molecule has 0 aliphatic heterocycles. The number of carbonyl (C=O) groups excluding carboxylic acids is 2. The van der Waals surface area contributed by atoms with Crippen molar-refractivity contribution in [1.82, 2.24) is 0 Å². The first-order valence-electron chi connectivity index (χ1n) is 8.19. The van der Waals surface area contributed by atoms with Crippen LogP contribution in [0.5, 0.6) is 11.5 Å². The molecule has 144 valence electrons. The standard InChI is InChI=1S/C20H17ClN2O5/c1-26-16-8-5-12(21)10-14(16)19(24)22-13-6-7-15(18(11-13)27-2)23-20(25)17-4-3-9-28-17/h3-11H,1-2H3,(H,22,24)(H,23,25). The van der Waals surface area contributed by atoms with Crippen molar-refractivity contribution in [3.05, 3.63) is 71.1 Å². The molecule has 0 unspecified atom stereocenters. The van der Waals surface area contributed by atoms with Crippen molar-refractivity contribution in [2.75, 3.05) is 24.9 Å². The summed E-state index contributed by atoms with van der Waals surface area (Å²) in [6, 6.07) is 12.8. The molecule has 1 aromatic heterocycles. The van der Waals surface area contributed by atoms with E-state index in [-0.39, 0.29) is 5.76 Å². The monoisotopic (exact) mass is 400 g/mol. The molecule has 3 rings (SSSR count). The van der Waals surface area contributed by atoms with E-state index in [1.165, 1.54) is 26.5 Å². The van der Waals surface area contributed by atoms with Crippen LogP contribution >= 0.6 is 11.6 Å². The number of amides is 2. The molecule has 1 heterocycles. The van der Waals surface area contributed by atoms with Crippen molar-refractivity contribution in [3.63, 3.8) is 0 Å². The average Bonchev–Trinajstić information content (AvgIpc) is 3.24. The van der Waals surface area contributed by atoms with E-state index in [1.54, 1.807) is 42.5 Å². The number of carbonyl (C=O) groups is 2. The van der Waals surface area contributed by atoms with Crippen LogP contribution in [0.2, 0.25) is 5.02 Å². The van der Waals surface area contributed by atoms with Gasteiger partial charge in [-0.25, -0.2) is 0 Å². The van der Waals surface area contributed by atoms with Crippen LogP contribution in [0, 0.1) is 0 Å². The van der Waals surface area contributed by atoms with E-state index in [9.17, 15) is 9.59 Å². The maximum atomic E-state index is 12.6. The molecular weight excluding hydrogens is 384 g/mol. The summed E-state index contributed by atoms with van der Waals surface area (Å²) in [5.74, 6) is 0.136. The van der Waals surface area contributed by atoms with Gasteiger partial charge in [-0.1, -0.05) is 11.6 Å². The average molecular weight is 401 g/mol. The molecule has 7 nitrogen and oxygen atoms in total. The minimum Gasteiger partial charge on any atom is -0.496 e. The Morgan fingerprint density at radius 1 is 0.929 bits per heavy atom. The summed E-state index contributed by atoms with van der Waals surface area (Å²) in [6.07, 6.45) is 1.41. The van der Waals surface area contributed by atoms with Gasteiger partial charge in [0.25, 0.3) is 11.8 Å². The maximum absolute atomic E-state index is 12.6. The highest BCUT2D eigenvalue weighted by atomic mass is 35.5. The molecule has 0 fully saturated rings. The first-order valence-corrected chi connectivity index (χ1v) is 8.57. The van der Waals surface area contributed by atoms with E-state index < -0.39 is 11.8 Å². The van der Waals surface area contributed by atoms with Crippen LogP contribution in [0.25, 0.3) is 0 Å². The Kier molecular flexibility index (Phi) is 5.86. The van der Waals surface area contributed by atoms with Crippen molar-refractivity contribution in [2.45, 2.75) is 0 Å². The molecule has 0 aliphatic carbocycles. The molecule has 2 N–H and O–H groups in total. The second-order valence-electron chi connectivity index (χ2n) is 5.65. The third kappa shape index (κ3) is 4.27. The lowest BCUT2D eigenvalue weighted by molar-refractivity contribution is 0.0993. The molecule has 8 heteroatoms. The van der Waals surface area contributed by atoms with E-state index in [0.29, 0.717) is 33.5 Å². The van der Waals surface area contributed by atoms with Gasteiger partial charge in [0.15, 0.2) is 5.76 Å². The highest BCUT2D eigenvalue weighted by Gasteiger charge is 2.16. The summed E-state index contributed by atoms with van der Waals surface area (Å²) in [4.78, 5) is 24.7. The fraction of sp³-hybridized carbons (Fsp3) is 0.100. The highest BCUT2D eigenvalue weighted by Crippen LogP contribution is 2.30. The van der Waals surface area contributed by atoms with E-state index in [1.807, 2.05) is 0 Å². The Morgan fingerprint density at radius 3 is 2.39 bits per heavy atom. The predicted molar refractivity (Wildman–Crippen MR) is 106 cm³/mol. The number of hydrogen-bond acceptors (Lipinski definition) is 5. The maximum Gasteiger partial charge on any atom is 0.291 e. The number of halogens is 1. The number of rotatable bonds is 6. The lowest BCUT2D eigenvalue weighted by Crippen LogP contribution is -2.14. The summed E-state index contributed by atoms with van der Waals surface area (Å²) in [6.45, 7) is 0. The third-order valence-electron chi connectivity index (χ3n) is 3.86. The molecule has 0 bridgehead atoms. The van der Waals surface area contributed by atoms with E-state index in [0.717, 1.165) is 0 Å². The van der Waals surface area contributed by atoms with E-state index in [2.05, 4.69) is 10.6 Å². The molecule has 2 amide bonds. The molecular formula is C20H17ClN2O5. The molecule has 0 radical (unpaired) electrons. The summed E-state index contributed by atoms with van der Waals surface area (Å²) in [5, 5.41) is 5.86. The van der Waals surface area contributed by atoms with Crippen molar-refractivity contribution in [1.29, 1.82) is 0 Å². The van der Waals surface area contributed by atoms with Gasteiger partial charge in [0, 0.05) is 16.8 Å². The van der Waals surface area contributed by atoms with Crippen molar-refractivity contribution < 1.29 is 23.5 Å². The van der Waals surface area contributed by atoms with Crippen LogP contribution in [-0.4, -0.2) is 26.0 Å². The fourth-order valence-corrected chi connectivity index (χ4v) is 2.69. The van der Waals surface area contributed by atoms with Crippen molar-refractivity contribution in [3.8, 4) is 11.5 Å². The summed E-state index contributed by atoms with van der Waals surface area (Å²) in [7, 11) is 2.93. The lowest BCUT2D eigenvalue weighted by atomic mass is 10.1. The van der Waals surface area contributed by atoms with Gasteiger partial charge in [-0.2, -0.15) is 0 Å². The van der Waals surface area contributed by atoms with Crippen molar-refractivity contribution in [2.24, 2.45) is 0 Å². The van der Waals surface area contributed by atoms with Crippen LogP contribution in [0.15, 0.2) is 59.2 Å². The molecule has 0 saturated heterocycles. The second kappa shape index (κ2) is 8.49. The second-order valence-corrected chi connectivity index (χ2v) is 6.08. The zero-order chi connectivity index (χ0) is 20.1. The Hall–Kier alpha value is -3.45. The Labute approximate surface area is 166 Å². The Morgan fingerprint density at radius 2 is 1.71 bits per heavy atom. The zero-order valence-corrected chi connectivity index (χ0v) is 15.9. The van der Waals surface area contributed by atoms with Gasteiger partial charge in [-0.3, -0.25) is 9.59 Å². The number of anilines is 2. The minimum absolute atomic E-state index is 0.174. The normalized spacial score (nSPS) is 10.2.